The van der Waals surface area contributed by atoms with Gasteiger partial charge < -0.3 is 9.88 Å². The number of fused-ring (bicyclic) bond motifs is 1. The molecule has 1 aromatic carbocycles. The molecule has 1 aliphatic carbocycles. The van der Waals surface area contributed by atoms with E-state index in [9.17, 15) is 9.59 Å². The zero-order chi connectivity index (χ0) is 19.0. The van der Waals surface area contributed by atoms with Gasteiger partial charge in [-0.1, -0.05) is 18.5 Å². The Balaban J connectivity index is 1.64. The second kappa shape index (κ2) is 7.39. The number of hydrogen-bond acceptors (Lipinski definition) is 2. The fourth-order valence-corrected chi connectivity index (χ4v) is 4.27. The molecule has 2 aromatic rings. The van der Waals surface area contributed by atoms with Crippen LogP contribution in [0.1, 0.15) is 44.3 Å². The first-order chi connectivity index (χ1) is 13.0. The van der Waals surface area contributed by atoms with Crippen LogP contribution in [0.5, 0.6) is 0 Å². The predicted octanol–water partition coefficient (Wildman–Crippen LogP) is 3.92. The van der Waals surface area contributed by atoms with Gasteiger partial charge in [0.05, 0.1) is 5.69 Å². The van der Waals surface area contributed by atoms with E-state index in [4.69, 9.17) is 11.6 Å². The number of anilines is 1. The summed E-state index contributed by atoms with van der Waals surface area (Å²) in [5, 5.41) is 3.80. The Morgan fingerprint density at radius 3 is 2.52 bits per heavy atom. The Bertz CT molecular complexity index is 837. The van der Waals surface area contributed by atoms with Crippen molar-refractivity contribution in [2.24, 2.45) is 5.92 Å². The maximum atomic E-state index is 13.3. The summed E-state index contributed by atoms with van der Waals surface area (Å²) in [4.78, 5) is 27.7. The van der Waals surface area contributed by atoms with Crippen LogP contribution >= 0.6 is 11.6 Å². The standard InChI is InChI=1S/C21H24ClN3O2/c1-14-4-8-16(9-5-14)23-21(27)20-18-3-2-12-24(18)13-19(26)25(20)17-10-6-15(22)7-11-17/h2-3,6-7,10-12,14,16,20H,4-5,8-9,13H2,1H3,(H,23,27)/t14?,16?,20-/m0/s1. The van der Waals surface area contributed by atoms with Crippen LogP contribution in [0.3, 0.4) is 0 Å². The second-order valence-corrected chi connectivity index (χ2v) is 8.11. The molecule has 1 aliphatic heterocycles. The van der Waals surface area contributed by atoms with Gasteiger partial charge in [0.15, 0.2) is 6.04 Å². The van der Waals surface area contributed by atoms with Crippen LogP contribution in [-0.4, -0.2) is 22.4 Å². The van der Waals surface area contributed by atoms with Crippen molar-refractivity contribution in [1.82, 2.24) is 9.88 Å². The van der Waals surface area contributed by atoms with Crippen LogP contribution in [0.4, 0.5) is 5.69 Å². The number of hydrogen-bond donors (Lipinski definition) is 1. The van der Waals surface area contributed by atoms with Gasteiger partial charge in [-0.05, 0) is 68.0 Å². The molecule has 142 valence electrons. The predicted molar refractivity (Wildman–Crippen MR) is 106 cm³/mol. The van der Waals surface area contributed by atoms with E-state index in [0.29, 0.717) is 10.7 Å². The van der Waals surface area contributed by atoms with E-state index in [2.05, 4.69) is 12.2 Å². The molecule has 1 N–H and O–H groups in total. The number of aromatic nitrogens is 1. The monoisotopic (exact) mass is 385 g/mol. The average Bonchev–Trinajstić information content (AvgIpc) is 3.11. The van der Waals surface area contributed by atoms with Crippen molar-refractivity contribution in [2.75, 3.05) is 4.90 Å². The van der Waals surface area contributed by atoms with Gasteiger partial charge in [0.25, 0.3) is 0 Å². The number of nitrogens with one attached hydrogen (secondary N) is 1. The van der Waals surface area contributed by atoms with Gasteiger partial charge in [-0.3, -0.25) is 14.5 Å². The smallest absolute Gasteiger partial charge is 0.249 e. The number of halogens is 1. The molecule has 2 heterocycles. The molecular weight excluding hydrogens is 362 g/mol. The lowest BCUT2D eigenvalue weighted by atomic mass is 9.87. The first kappa shape index (κ1) is 18.1. The van der Waals surface area contributed by atoms with Crippen molar-refractivity contribution in [1.29, 1.82) is 0 Å². The van der Waals surface area contributed by atoms with E-state index in [1.165, 1.54) is 0 Å². The Hall–Kier alpha value is -2.27. The first-order valence-corrected chi connectivity index (χ1v) is 9.94. The maximum absolute atomic E-state index is 13.3. The molecule has 1 aromatic heterocycles. The van der Waals surface area contributed by atoms with Crippen molar-refractivity contribution in [3.63, 3.8) is 0 Å². The number of amides is 2. The number of nitrogens with zero attached hydrogens (tertiary/aromatic N) is 2. The SMILES string of the molecule is CC1CCC(NC(=O)[C@@H]2c3cccn3CC(=O)N2c2ccc(Cl)cc2)CC1. The van der Waals surface area contributed by atoms with Gasteiger partial charge in [0.2, 0.25) is 11.8 Å². The van der Waals surface area contributed by atoms with Crippen molar-refractivity contribution >= 4 is 29.1 Å². The Morgan fingerprint density at radius 2 is 1.81 bits per heavy atom. The van der Waals surface area contributed by atoms with E-state index in [1.807, 2.05) is 22.9 Å². The van der Waals surface area contributed by atoms with Crippen molar-refractivity contribution in [3.8, 4) is 0 Å². The highest BCUT2D eigenvalue weighted by molar-refractivity contribution is 6.30. The molecule has 0 bridgehead atoms. The minimum Gasteiger partial charge on any atom is -0.351 e. The van der Waals surface area contributed by atoms with Gasteiger partial charge in [-0.25, -0.2) is 0 Å². The molecule has 4 rings (SSSR count). The van der Waals surface area contributed by atoms with Crippen molar-refractivity contribution in [2.45, 2.75) is 51.2 Å². The van der Waals surface area contributed by atoms with E-state index < -0.39 is 6.04 Å². The topological polar surface area (TPSA) is 54.3 Å². The molecule has 5 nitrogen and oxygen atoms in total. The molecule has 0 saturated heterocycles. The normalized spacial score (nSPS) is 25.2. The zero-order valence-corrected chi connectivity index (χ0v) is 16.2. The Kier molecular flexibility index (Phi) is 4.96. The van der Waals surface area contributed by atoms with E-state index in [0.717, 1.165) is 37.3 Å². The van der Waals surface area contributed by atoms with Gasteiger partial charge in [0.1, 0.15) is 6.54 Å². The summed E-state index contributed by atoms with van der Waals surface area (Å²) in [6.45, 7) is 2.49. The van der Waals surface area contributed by atoms with Crippen LogP contribution in [-0.2, 0) is 16.1 Å². The summed E-state index contributed by atoms with van der Waals surface area (Å²) in [6, 6.07) is 10.4. The molecule has 0 radical (unpaired) electrons. The number of carbonyl (C=O) groups excluding carboxylic acids is 2. The molecule has 2 amide bonds. The highest BCUT2D eigenvalue weighted by Gasteiger charge is 2.39. The molecule has 0 spiro atoms. The number of carbonyl (C=O) groups is 2. The molecule has 27 heavy (non-hydrogen) atoms. The molecule has 2 aliphatic rings. The van der Waals surface area contributed by atoms with E-state index >= 15 is 0 Å². The lowest BCUT2D eigenvalue weighted by molar-refractivity contribution is -0.128. The van der Waals surface area contributed by atoms with Crippen LogP contribution in [0, 0.1) is 5.92 Å². The first-order valence-electron chi connectivity index (χ1n) is 9.56. The largest absolute Gasteiger partial charge is 0.351 e. The van der Waals surface area contributed by atoms with Crippen molar-refractivity contribution in [3.05, 3.63) is 53.3 Å². The summed E-state index contributed by atoms with van der Waals surface area (Å²) in [7, 11) is 0. The van der Waals surface area contributed by atoms with Crippen LogP contribution in [0.25, 0.3) is 0 Å². The molecule has 1 atom stereocenters. The van der Waals surface area contributed by atoms with Gasteiger partial charge in [0, 0.05) is 22.9 Å². The third kappa shape index (κ3) is 3.61. The lowest BCUT2D eigenvalue weighted by Crippen LogP contribution is -2.51. The van der Waals surface area contributed by atoms with Crippen LogP contribution < -0.4 is 10.2 Å². The quantitative estimate of drug-likeness (QED) is 0.870. The third-order valence-electron chi connectivity index (χ3n) is 5.69. The van der Waals surface area contributed by atoms with Gasteiger partial charge in [-0.2, -0.15) is 0 Å². The highest BCUT2D eigenvalue weighted by atomic mass is 35.5. The minimum atomic E-state index is -0.665. The summed E-state index contributed by atoms with van der Waals surface area (Å²) < 4.78 is 1.86. The molecule has 1 fully saturated rings. The molecular formula is C21H24ClN3O2. The van der Waals surface area contributed by atoms with Crippen LogP contribution in [0.2, 0.25) is 5.02 Å². The lowest BCUT2D eigenvalue weighted by Gasteiger charge is -2.37. The van der Waals surface area contributed by atoms with Gasteiger partial charge >= 0.3 is 0 Å². The fraction of sp³-hybridized carbons (Fsp3) is 0.429. The maximum Gasteiger partial charge on any atom is 0.249 e. The highest BCUT2D eigenvalue weighted by Crippen LogP contribution is 2.33. The molecule has 6 heteroatoms. The Morgan fingerprint density at radius 1 is 1.11 bits per heavy atom. The summed E-state index contributed by atoms with van der Waals surface area (Å²) in [5.41, 5.74) is 1.53. The zero-order valence-electron chi connectivity index (χ0n) is 15.4. The number of rotatable bonds is 3. The summed E-state index contributed by atoms with van der Waals surface area (Å²) in [6.07, 6.45) is 6.11. The second-order valence-electron chi connectivity index (χ2n) is 7.67. The van der Waals surface area contributed by atoms with Crippen molar-refractivity contribution < 1.29 is 9.59 Å². The number of benzene rings is 1. The van der Waals surface area contributed by atoms with Crippen LogP contribution in [0.15, 0.2) is 42.6 Å². The molecule has 0 unspecified atom stereocenters. The molecule has 1 saturated carbocycles. The average molecular weight is 386 g/mol. The van der Waals surface area contributed by atoms with E-state index in [1.54, 1.807) is 29.2 Å². The summed E-state index contributed by atoms with van der Waals surface area (Å²) >= 11 is 6.00. The Labute approximate surface area is 164 Å². The summed E-state index contributed by atoms with van der Waals surface area (Å²) in [5.74, 6) is 0.508. The van der Waals surface area contributed by atoms with E-state index in [-0.39, 0.29) is 24.4 Å². The third-order valence-corrected chi connectivity index (χ3v) is 5.94. The fourth-order valence-electron chi connectivity index (χ4n) is 4.15. The minimum absolute atomic E-state index is 0.0987. The van der Waals surface area contributed by atoms with Gasteiger partial charge in [-0.15, -0.1) is 0 Å².